The highest BCUT2D eigenvalue weighted by Crippen LogP contribution is 2.29. The van der Waals surface area contributed by atoms with Crippen molar-refractivity contribution in [3.63, 3.8) is 0 Å². The van der Waals surface area contributed by atoms with E-state index in [0.29, 0.717) is 11.5 Å². The van der Waals surface area contributed by atoms with Crippen LogP contribution >= 0.6 is 0 Å². The zero-order valence-electron chi connectivity index (χ0n) is 16.6. The molecule has 3 aromatic rings. The molecule has 0 unspecified atom stereocenters. The maximum Gasteiger partial charge on any atom is 0.269 e. The van der Waals surface area contributed by atoms with Gasteiger partial charge in [-0.25, -0.2) is 0 Å². The van der Waals surface area contributed by atoms with Crippen molar-refractivity contribution in [1.82, 2.24) is 0 Å². The Hall–Kier alpha value is -3.67. The lowest BCUT2D eigenvalue weighted by Gasteiger charge is -2.11. The summed E-state index contributed by atoms with van der Waals surface area (Å²) in [7, 11) is 1.58. The molecule has 0 amide bonds. The number of aryl methyl sites for hydroxylation is 1. The van der Waals surface area contributed by atoms with Crippen molar-refractivity contribution in [2.45, 2.75) is 20.5 Å². The van der Waals surface area contributed by atoms with Crippen LogP contribution in [0.15, 0.2) is 65.7 Å². The molecular formula is C23H22N2O4. The monoisotopic (exact) mass is 390 g/mol. The van der Waals surface area contributed by atoms with Crippen LogP contribution in [0.5, 0.6) is 11.5 Å². The Labute approximate surface area is 169 Å². The summed E-state index contributed by atoms with van der Waals surface area (Å²) in [4.78, 5) is 14.9. The minimum Gasteiger partial charge on any atom is -0.493 e. The summed E-state index contributed by atoms with van der Waals surface area (Å²) in [6.45, 7) is 4.40. The van der Waals surface area contributed by atoms with Gasteiger partial charge in [-0.05, 0) is 72.5 Å². The van der Waals surface area contributed by atoms with Gasteiger partial charge in [0, 0.05) is 18.3 Å². The van der Waals surface area contributed by atoms with Gasteiger partial charge in [0.05, 0.1) is 17.7 Å². The molecule has 0 fully saturated rings. The van der Waals surface area contributed by atoms with Gasteiger partial charge in [0.25, 0.3) is 5.69 Å². The molecule has 0 aliphatic rings. The molecule has 3 aromatic carbocycles. The molecule has 0 radical (unpaired) electrons. The number of hydrogen-bond acceptors (Lipinski definition) is 5. The number of rotatable bonds is 7. The molecule has 0 spiro atoms. The second-order valence-corrected chi connectivity index (χ2v) is 6.60. The second-order valence-electron chi connectivity index (χ2n) is 6.60. The maximum atomic E-state index is 10.7. The van der Waals surface area contributed by atoms with Gasteiger partial charge < -0.3 is 9.47 Å². The van der Waals surface area contributed by atoms with Crippen LogP contribution in [0.2, 0.25) is 0 Å². The summed E-state index contributed by atoms with van der Waals surface area (Å²) in [5, 5.41) is 10.7. The highest BCUT2D eigenvalue weighted by atomic mass is 16.6. The van der Waals surface area contributed by atoms with Gasteiger partial charge in [-0.1, -0.05) is 12.1 Å². The van der Waals surface area contributed by atoms with E-state index in [-0.39, 0.29) is 12.3 Å². The highest BCUT2D eigenvalue weighted by molar-refractivity contribution is 5.83. The maximum absolute atomic E-state index is 10.7. The molecule has 6 heteroatoms. The fraction of sp³-hybridized carbons (Fsp3) is 0.174. The quantitative estimate of drug-likeness (QED) is 0.301. The summed E-state index contributed by atoms with van der Waals surface area (Å²) in [6.07, 6.45) is 1.80. The molecule has 0 saturated heterocycles. The molecule has 0 N–H and O–H groups in total. The summed E-state index contributed by atoms with van der Waals surface area (Å²) < 4.78 is 11.3. The average molecular weight is 390 g/mol. The van der Waals surface area contributed by atoms with Crippen LogP contribution in [0.4, 0.5) is 11.4 Å². The van der Waals surface area contributed by atoms with E-state index in [4.69, 9.17) is 9.47 Å². The molecule has 6 nitrogen and oxygen atoms in total. The van der Waals surface area contributed by atoms with Crippen LogP contribution in [-0.2, 0) is 6.61 Å². The first kappa shape index (κ1) is 20.1. The molecule has 0 aromatic heterocycles. The molecular weight excluding hydrogens is 368 g/mol. The summed E-state index contributed by atoms with van der Waals surface area (Å²) >= 11 is 0. The van der Waals surface area contributed by atoms with E-state index in [0.717, 1.165) is 22.4 Å². The lowest BCUT2D eigenvalue weighted by atomic mass is 10.1. The van der Waals surface area contributed by atoms with Gasteiger partial charge in [0.1, 0.15) is 6.61 Å². The van der Waals surface area contributed by atoms with Crippen LogP contribution < -0.4 is 9.47 Å². The van der Waals surface area contributed by atoms with E-state index in [9.17, 15) is 10.1 Å². The van der Waals surface area contributed by atoms with Gasteiger partial charge in [-0.2, -0.15) is 0 Å². The molecule has 0 bridgehead atoms. The number of aliphatic imine (C=N–C) groups is 1. The molecule has 0 aliphatic heterocycles. The number of non-ortho nitro benzene ring substituents is 1. The Morgan fingerprint density at radius 3 is 2.48 bits per heavy atom. The Morgan fingerprint density at radius 2 is 1.79 bits per heavy atom. The van der Waals surface area contributed by atoms with E-state index < -0.39 is 4.92 Å². The summed E-state index contributed by atoms with van der Waals surface area (Å²) in [5.41, 5.74) is 5.07. The number of ether oxygens (including phenoxy) is 2. The third kappa shape index (κ3) is 4.99. The van der Waals surface area contributed by atoms with Crippen LogP contribution in [0.1, 0.15) is 22.3 Å². The Kier molecular flexibility index (Phi) is 6.24. The standard InChI is InChI=1S/C23H22N2O4/c1-16-5-4-6-21(17(16)2)24-14-19-9-12-22(23(13-19)28-3)29-15-18-7-10-20(11-8-18)25(26)27/h4-14H,15H2,1-3H3. The Bertz CT molecular complexity index is 1040. The zero-order chi connectivity index (χ0) is 20.8. The van der Waals surface area contributed by atoms with E-state index in [1.54, 1.807) is 25.5 Å². The van der Waals surface area contributed by atoms with Gasteiger partial charge >= 0.3 is 0 Å². The van der Waals surface area contributed by atoms with Crippen LogP contribution in [0, 0.1) is 24.0 Å². The van der Waals surface area contributed by atoms with Gasteiger partial charge in [-0.3, -0.25) is 15.1 Å². The molecule has 0 saturated carbocycles. The molecule has 0 heterocycles. The van der Waals surface area contributed by atoms with Crippen molar-refractivity contribution in [3.8, 4) is 11.5 Å². The van der Waals surface area contributed by atoms with Gasteiger partial charge in [0.2, 0.25) is 0 Å². The minimum atomic E-state index is -0.424. The number of nitro benzene ring substituents is 1. The first-order chi connectivity index (χ1) is 14.0. The molecule has 148 valence electrons. The first-order valence-electron chi connectivity index (χ1n) is 9.12. The van der Waals surface area contributed by atoms with Crippen molar-refractivity contribution in [1.29, 1.82) is 0 Å². The van der Waals surface area contributed by atoms with E-state index in [2.05, 4.69) is 24.9 Å². The topological polar surface area (TPSA) is 74.0 Å². The van der Waals surface area contributed by atoms with Crippen molar-refractivity contribution in [2.24, 2.45) is 4.99 Å². The lowest BCUT2D eigenvalue weighted by Crippen LogP contribution is -1.99. The normalized spacial score (nSPS) is 10.9. The third-order valence-electron chi connectivity index (χ3n) is 4.66. The van der Waals surface area contributed by atoms with E-state index in [1.165, 1.54) is 17.7 Å². The van der Waals surface area contributed by atoms with Gasteiger partial charge in [-0.15, -0.1) is 0 Å². The molecule has 0 aliphatic carbocycles. The zero-order valence-corrected chi connectivity index (χ0v) is 16.6. The minimum absolute atomic E-state index is 0.0545. The predicted molar refractivity (Wildman–Crippen MR) is 114 cm³/mol. The fourth-order valence-electron chi connectivity index (χ4n) is 2.78. The summed E-state index contributed by atoms with van der Waals surface area (Å²) in [6, 6.07) is 17.9. The van der Waals surface area contributed by atoms with E-state index >= 15 is 0 Å². The third-order valence-corrected chi connectivity index (χ3v) is 4.66. The van der Waals surface area contributed by atoms with E-state index in [1.807, 2.05) is 30.3 Å². The number of methoxy groups -OCH3 is 1. The van der Waals surface area contributed by atoms with Crippen molar-refractivity contribution >= 4 is 17.6 Å². The Balaban J connectivity index is 1.72. The average Bonchev–Trinajstić information content (AvgIpc) is 2.73. The summed E-state index contributed by atoms with van der Waals surface area (Å²) in [5.74, 6) is 1.19. The van der Waals surface area contributed by atoms with Crippen molar-refractivity contribution in [3.05, 3.63) is 93.0 Å². The van der Waals surface area contributed by atoms with Crippen molar-refractivity contribution in [2.75, 3.05) is 7.11 Å². The van der Waals surface area contributed by atoms with Crippen LogP contribution in [0.3, 0.4) is 0 Å². The molecule has 0 atom stereocenters. The predicted octanol–water partition coefficient (Wildman–Crippen LogP) is 5.55. The van der Waals surface area contributed by atoms with Crippen LogP contribution in [-0.4, -0.2) is 18.2 Å². The van der Waals surface area contributed by atoms with Crippen LogP contribution in [0.25, 0.3) is 0 Å². The molecule has 3 rings (SSSR count). The highest BCUT2D eigenvalue weighted by Gasteiger charge is 2.08. The largest absolute Gasteiger partial charge is 0.493 e. The lowest BCUT2D eigenvalue weighted by molar-refractivity contribution is -0.384. The second kappa shape index (κ2) is 9.01. The first-order valence-corrected chi connectivity index (χ1v) is 9.12. The van der Waals surface area contributed by atoms with Gasteiger partial charge in [0.15, 0.2) is 11.5 Å². The number of hydrogen-bond donors (Lipinski definition) is 0. The smallest absolute Gasteiger partial charge is 0.269 e. The molecule has 29 heavy (non-hydrogen) atoms. The number of nitrogens with zero attached hydrogens (tertiary/aromatic N) is 2. The SMILES string of the molecule is COc1cc(C=Nc2cccc(C)c2C)ccc1OCc1ccc([N+](=O)[O-])cc1. The Morgan fingerprint density at radius 1 is 1.03 bits per heavy atom. The number of nitro groups is 1. The number of benzene rings is 3. The van der Waals surface area contributed by atoms with Crippen molar-refractivity contribution < 1.29 is 14.4 Å². The fourth-order valence-corrected chi connectivity index (χ4v) is 2.78.